The molecule has 1 heterocycles. The third kappa shape index (κ3) is 1.83. The first-order valence-corrected chi connectivity index (χ1v) is 4.35. The minimum atomic E-state index is -0.745. The van der Waals surface area contributed by atoms with Crippen LogP contribution in [0.2, 0.25) is 15.2 Å². The summed E-state index contributed by atoms with van der Waals surface area (Å²) in [6.07, 6.45) is 0.614. The normalized spacial score (nSPS) is 13.1. The number of rotatable bonds is 1. The van der Waals surface area contributed by atoms with E-state index in [4.69, 9.17) is 34.8 Å². The second-order valence-electron chi connectivity index (χ2n) is 2.30. The van der Waals surface area contributed by atoms with Gasteiger partial charge in [0, 0.05) is 11.8 Å². The lowest BCUT2D eigenvalue weighted by atomic mass is 10.2. The van der Waals surface area contributed by atoms with E-state index in [2.05, 4.69) is 4.98 Å². The van der Waals surface area contributed by atoms with Crippen LogP contribution in [-0.2, 0) is 0 Å². The van der Waals surface area contributed by atoms with Crippen molar-refractivity contribution >= 4 is 34.8 Å². The molecule has 0 aliphatic heterocycles. The monoisotopic (exact) mass is 225 g/mol. The van der Waals surface area contributed by atoms with Crippen molar-refractivity contribution < 1.29 is 5.11 Å². The number of hydrogen-bond donors (Lipinski definition) is 1. The zero-order valence-corrected chi connectivity index (χ0v) is 8.45. The van der Waals surface area contributed by atoms with Crippen LogP contribution >= 0.6 is 34.8 Å². The molecule has 0 fully saturated rings. The molecule has 0 saturated heterocycles. The van der Waals surface area contributed by atoms with Crippen molar-refractivity contribution in [3.63, 3.8) is 0 Å². The highest BCUT2D eigenvalue weighted by Gasteiger charge is 2.14. The number of aromatic nitrogens is 1. The molecule has 1 unspecified atom stereocenters. The van der Waals surface area contributed by atoms with Crippen molar-refractivity contribution in [3.05, 3.63) is 27.0 Å². The quantitative estimate of drug-likeness (QED) is 0.747. The summed E-state index contributed by atoms with van der Waals surface area (Å²) in [6, 6.07) is 0. The van der Waals surface area contributed by atoms with E-state index in [1.165, 1.54) is 6.20 Å². The Labute approximate surface area is 85.1 Å². The third-order valence-corrected chi connectivity index (χ3v) is 2.45. The van der Waals surface area contributed by atoms with E-state index in [0.29, 0.717) is 10.6 Å². The molecule has 2 nitrogen and oxygen atoms in total. The molecule has 0 saturated carbocycles. The number of aliphatic hydroxyl groups is 1. The summed E-state index contributed by atoms with van der Waals surface area (Å²) in [6.45, 7) is 1.56. The first kappa shape index (κ1) is 10.1. The molecule has 0 aliphatic rings. The van der Waals surface area contributed by atoms with E-state index >= 15 is 0 Å². The molecule has 0 amide bonds. The van der Waals surface area contributed by atoms with Crippen LogP contribution in [-0.4, -0.2) is 10.1 Å². The SMILES string of the molecule is CC(O)c1c(Cl)cnc(Cl)c1Cl. The van der Waals surface area contributed by atoms with Gasteiger partial charge in [-0.05, 0) is 6.92 Å². The van der Waals surface area contributed by atoms with Crippen molar-refractivity contribution in [2.75, 3.05) is 0 Å². The zero-order chi connectivity index (χ0) is 9.30. The fourth-order valence-corrected chi connectivity index (χ4v) is 1.65. The number of nitrogens with zero attached hydrogens (tertiary/aromatic N) is 1. The first-order chi connectivity index (χ1) is 5.54. The molecule has 0 spiro atoms. The highest BCUT2D eigenvalue weighted by Crippen LogP contribution is 2.33. The van der Waals surface area contributed by atoms with Gasteiger partial charge in [0.15, 0.2) is 0 Å². The minimum absolute atomic E-state index is 0.150. The van der Waals surface area contributed by atoms with Crippen LogP contribution in [0.15, 0.2) is 6.20 Å². The molecule has 1 aromatic rings. The maximum atomic E-state index is 9.25. The molecule has 0 radical (unpaired) electrons. The molecule has 12 heavy (non-hydrogen) atoms. The average Bonchev–Trinajstić information content (AvgIpc) is 1.97. The molecular weight excluding hydrogens is 220 g/mol. The minimum Gasteiger partial charge on any atom is -0.389 e. The smallest absolute Gasteiger partial charge is 0.148 e. The third-order valence-electron chi connectivity index (χ3n) is 1.38. The lowest BCUT2D eigenvalue weighted by molar-refractivity contribution is 0.199. The van der Waals surface area contributed by atoms with Crippen molar-refractivity contribution in [1.82, 2.24) is 4.98 Å². The Bertz CT molecular complexity index is 301. The van der Waals surface area contributed by atoms with Crippen LogP contribution in [0, 0.1) is 0 Å². The Morgan fingerprint density at radius 3 is 2.42 bits per heavy atom. The van der Waals surface area contributed by atoms with Crippen molar-refractivity contribution in [2.45, 2.75) is 13.0 Å². The maximum Gasteiger partial charge on any atom is 0.148 e. The predicted octanol–water partition coefficient (Wildman–Crippen LogP) is 3.10. The molecule has 0 aromatic carbocycles. The first-order valence-electron chi connectivity index (χ1n) is 3.21. The summed E-state index contributed by atoms with van der Waals surface area (Å²) in [5.74, 6) is 0. The second kappa shape index (κ2) is 3.79. The van der Waals surface area contributed by atoms with Crippen LogP contribution < -0.4 is 0 Å². The molecule has 1 N–H and O–H groups in total. The van der Waals surface area contributed by atoms with Crippen molar-refractivity contribution in [3.8, 4) is 0 Å². The molecule has 1 aromatic heterocycles. The van der Waals surface area contributed by atoms with Crippen molar-refractivity contribution in [1.29, 1.82) is 0 Å². The highest BCUT2D eigenvalue weighted by molar-refractivity contribution is 6.43. The fourth-order valence-electron chi connectivity index (χ4n) is 0.838. The standard InChI is InChI=1S/C7H6Cl3NO/c1-3(12)5-4(8)2-11-7(10)6(5)9/h2-3,12H,1H3. The van der Waals surface area contributed by atoms with Crippen LogP contribution in [0.1, 0.15) is 18.6 Å². The van der Waals surface area contributed by atoms with Gasteiger partial charge in [-0.2, -0.15) is 0 Å². The lowest BCUT2D eigenvalue weighted by Gasteiger charge is -2.09. The predicted molar refractivity (Wildman–Crippen MR) is 49.9 cm³/mol. The van der Waals surface area contributed by atoms with Crippen LogP contribution in [0.4, 0.5) is 0 Å². The summed E-state index contributed by atoms with van der Waals surface area (Å²) < 4.78 is 0. The molecule has 0 aliphatic carbocycles. The van der Waals surface area contributed by atoms with Gasteiger partial charge in [0.05, 0.1) is 16.1 Å². The van der Waals surface area contributed by atoms with Gasteiger partial charge < -0.3 is 5.11 Å². The summed E-state index contributed by atoms with van der Waals surface area (Å²) in [5, 5.41) is 9.93. The summed E-state index contributed by atoms with van der Waals surface area (Å²) in [7, 11) is 0. The molecule has 1 rings (SSSR count). The van der Waals surface area contributed by atoms with Crippen LogP contribution in [0.3, 0.4) is 0 Å². The van der Waals surface area contributed by atoms with E-state index in [9.17, 15) is 5.11 Å². The summed E-state index contributed by atoms with van der Waals surface area (Å²) >= 11 is 17.1. The van der Waals surface area contributed by atoms with Gasteiger partial charge >= 0.3 is 0 Å². The van der Waals surface area contributed by atoms with E-state index in [1.54, 1.807) is 6.92 Å². The Hall–Kier alpha value is -0.0200. The Kier molecular flexibility index (Phi) is 3.18. The van der Waals surface area contributed by atoms with Gasteiger partial charge in [-0.3, -0.25) is 0 Å². The summed E-state index contributed by atoms with van der Waals surface area (Å²) in [4.78, 5) is 3.71. The van der Waals surface area contributed by atoms with Gasteiger partial charge in [-0.25, -0.2) is 4.98 Å². The number of hydrogen-bond acceptors (Lipinski definition) is 2. The molecular formula is C7H6Cl3NO. The molecule has 1 atom stereocenters. The fraction of sp³-hybridized carbons (Fsp3) is 0.286. The van der Waals surface area contributed by atoms with E-state index in [-0.39, 0.29) is 10.2 Å². The van der Waals surface area contributed by atoms with Gasteiger partial charge in [0.2, 0.25) is 0 Å². The molecule has 5 heteroatoms. The number of halogens is 3. The van der Waals surface area contributed by atoms with Gasteiger partial charge in [0.1, 0.15) is 5.15 Å². The van der Waals surface area contributed by atoms with E-state index in [0.717, 1.165) is 0 Å². The lowest BCUT2D eigenvalue weighted by Crippen LogP contribution is -1.95. The average molecular weight is 226 g/mol. The van der Waals surface area contributed by atoms with E-state index < -0.39 is 6.10 Å². The van der Waals surface area contributed by atoms with Crippen LogP contribution in [0.25, 0.3) is 0 Å². The molecule has 66 valence electrons. The summed E-state index contributed by atoms with van der Waals surface area (Å²) in [5.41, 5.74) is 0.415. The largest absolute Gasteiger partial charge is 0.389 e. The Morgan fingerprint density at radius 1 is 1.42 bits per heavy atom. The molecule has 0 bridgehead atoms. The van der Waals surface area contributed by atoms with Gasteiger partial charge in [0.25, 0.3) is 0 Å². The van der Waals surface area contributed by atoms with Gasteiger partial charge in [-0.15, -0.1) is 0 Å². The Balaban J connectivity index is 3.33. The Morgan fingerprint density at radius 2 is 2.00 bits per heavy atom. The van der Waals surface area contributed by atoms with Crippen LogP contribution in [0.5, 0.6) is 0 Å². The number of pyridine rings is 1. The second-order valence-corrected chi connectivity index (χ2v) is 3.44. The zero-order valence-electron chi connectivity index (χ0n) is 6.18. The van der Waals surface area contributed by atoms with Crippen molar-refractivity contribution in [2.24, 2.45) is 0 Å². The number of aliphatic hydroxyl groups excluding tert-OH is 1. The van der Waals surface area contributed by atoms with Gasteiger partial charge in [-0.1, -0.05) is 34.8 Å². The van der Waals surface area contributed by atoms with E-state index in [1.807, 2.05) is 0 Å². The topological polar surface area (TPSA) is 33.1 Å². The maximum absolute atomic E-state index is 9.25. The highest BCUT2D eigenvalue weighted by atomic mass is 35.5.